The minimum atomic E-state index is 0.0829. The maximum Gasteiger partial charge on any atom is 0.231 e. The van der Waals surface area contributed by atoms with E-state index >= 15 is 0 Å². The first-order valence-electron chi connectivity index (χ1n) is 7.70. The molecule has 2 heteroatoms. The summed E-state index contributed by atoms with van der Waals surface area (Å²) in [6, 6.07) is 28.0. The van der Waals surface area contributed by atoms with E-state index in [2.05, 4.69) is 18.2 Å². The van der Waals surface area contributed by atoms with E-state index in [1.165, 1.54) is 0 Å². The molecule has 0 spiro atoms. The maximum atomic E-state index is 12.6. The lowest BCUT2D eigenvalue weighted by atomic mass is 10.0. The fraction of sp³-hybridized carbons (Fsp3) is 0.0952. The minimum Gasteiger partial charge on any atom is -0.315 e. The average molecular weight is 301 g/mol. The summed E-state index contributed by atoms with van der Waals surface area (Å²) in [6.07, 6.45) is 0.403. The van der Waals surface area contributed by atoms with E-state index in [9.17, 15) is 4.79 Å². The Morgan fingerprint density at radius 3 is 2.04 bits per heavy atom. The third-order valence-corrected chi connectivity index (χ3v) is 3.92. The number of rotatable bonds is 4. The van der Waals surface area contributed by atoms with Crippen LogP contribution in [-0.2, 0) is 11.2 Å². The number of hydrogen-bond acceptors (Lipinski definition) is 1. The van der Waals surface area contributed by atoms with Gasteiger partial charge in [0.25, 0.3) is 0 Å². The Balaban J connectivity index is 1.88. The third kappa shape index (κ3) is 3.49. The summed E-state index contributed by atoms with van der Waals surface area (Å²) < 4.78 is 0. The molecule has 23 heavy (non-hydrogen) atoms. The van der Waals surface area contributed by atoms with Crippen molar-refractivity contribution in [3.05, 3.63) is 90.5 Å². The van der Waals surface area contributed by atoms with Crippen LogP contribution in [0.2, 0.25) is 0 Å². The van der Waals surface area contributed by atoms with Crippen molar-refractivity contribution in [1.82, 2.24) is 0 Å². The Hall–Kier alpha value is -2.87. The molecule has 0 atom stereocenters. The zero-order valence-electron chi connectivity index (χ0n) is 13.1. The van der Waals surface area contributed by atoms with Crippen LogP contribution in [0.4, 0.5) is 5.69 Å². The van der Waals surface area contributed by atoms with Crippen molar-refractivity contribution in [2.24, 2.45) is 0 Å². The Morgan fingerprint density at radius 1 is 0.783 bits per heavy atom. The Bertz CT molecular complexity index is 781. The molecule has 0 aliphatic carbocycles. The van der Waals surface area contributed by atoms with E-state index in [-0.39, 0.29) is 5.91 Å². The average Bonchev–Trinajstić information content (AvgIpc) is 2.62. The summed E-state index contributed by atoms with van der Waals surface area (Å²) in [5.41, 5.74) is 4.14. The highest BCUT2D eigenvalue weighted by Crippen LogP contribution is 2.30. The molecule has 0 aliphatic heterocycles. The smallest absolute Gasteiger partial charge is 0.231 e. The monoisotopic (exact) mass is 301 g/mol. The van der Waals surface area contributed by atoms with Gasteiger partial charge in [0.2, 0.25) is 5.91 Å². The Labute approximate surface area is 137 Å². The van der Waals surface area contributed by atoms with Crippen molar-refractivity contribution in [3.63, 3.8) is 0 Å². The molecule has 2 nitrogen and oxygen atoms in total. The molecule has 0 fully saturated rings. The topological polar surface area (TPSA) is 20.3 Å². The molecular weight excluding hydrogens is 282 g/mol. The van der Waals surface area contributed by atoms with Gasteiger partial charge < -0.3 is 4.90 Å². The lowest BCUT2D eigenvalue weighted by molar-refractivity contribution is -0.117. The maximum absolute atomic E-state index is 12.6. The molecule has 0 aliphatic rings. The van der Waals surface area contributed by atoms with Crippen molar-refractivity contribution < 1.29 is 4.79 Å². The Morgan fingerprint density at radius 2 is 1.35 bits per heavy atom. The van der Waals surface area contributed by atoms with E-state index in [4.69, 9.17) is 0 Å². The predicted octanol–water partition coefficient (Wildman–Crippen LogP) is 4.56. The van der Waals surface area contributed by atoms with Gasteiger partial charge in [0.15, 0.2) is 0 Å². The molecule has 114 valence electrons. The van der Waals surface area contributed by atoms with Crippen LogP contribution in [0.1, 0.15) is 5.56 Å². The molecule has 0 N–H and O–H groups in total. The SMILES string of the molecule is CN(C(=O)Cc1ccccc1)c1ccccc1-c1ccccc1. The quantitative estimate of drug-likeness (QED) is 0.692. The van der Waals surface area contributed by atoms with Gasteiger partial charge in [-0.1, -0.05) is 78.9 Å². The van der Waals surface area contributed by atoms with Crippen molar-refractivity contribution in [1.29, 1.82) is 0 Å². The second kappa shape index (κ2) is 6.93. The third-order valence-electron chi connectivity index (χ3n) is 3.92. The number of amides is 1. The molecule has 3 aromatic carbocycles. The number of hydrogen-bond donors (Lipinski definition) is 0. The predicted molar refractivity (Wildman–Crippen MR) is 95.4 cm³/mol. The van der Waals surface area contributed by atoms with Crippen molar-refractivity contribution in [2.45, 2.75) is 6.42 Å². The van der Waals surface area contributed by atoms with Crippen molar-refractivity contribution >= 4 is 11.6 Å². The van der Waals surface area contributed by atoms with Crippen molar-refractivity contribution in [3.8, 4) is 11.1 Å². The normalized spacial score (nSPS) is 10.3. The van der Waals surface area contributed by atoms with Crippen LogP contribution < -0.4 is 4.90 Å². The summed E-state index contributed by atoms with van der Waals surface area (Å²) in [7, 11) is 1.84. The van der Waals surface area contributed by atoms with E-state index < -0.39 is 0 Å². The molecule has 3 aromatic rings. The summed E-state index contributed by atoms with van der Waals surface area (Å²) in [5.74, 6) is 0.0829. The second-order valence-electron chi connectivity index (χ2n) is 5.50. The lowest BCUT2D eigenvalue weighted by Gasteiger charge is -2.21. The molecule has 0 bridgehead atoms. The van der Waals surface area contributed by atoms with Crippen LogP contribution in [-0.4, -0.2) is 13.0 Å². The van der Waals surface area contributed by atoms with Gasteiger partial charge >= 0.3 is 0 Å². The molecule has 1 amide bonds. The van der Waals surface area contributed by atoms with Gasteiger partial charge in [-0.25, -0.2) is 0 Å². The van der Waals surface area contributed by atoms with Gasteiger partial charge in [-0.2, -0.15) is 0 Å². The number of anilines is 1. The molecule has 3 rings (SSSR count). The number of para-hydroxylation sites is 1. The fourth-order valence-corrected chi connectivity index (χ4v) is 2.65. The van der Waals surface area contributed by atoms with Gasteiger partial charge in [0.05, 0.1) is 12.1 Å². The first kappa shape index (κ1) is 15.0. The summed E-state index contributed by atoms with van der Waals surface area (Å²) in [4.78, 5) is 14.4. The van der Waals surface area contributed by atoms with Crippen LogP contribution >= 0.6 is 0 Å². The summed E-state index contributed by atoms with van der Waals surface area (Å²) in [6.45, 7) is 0. The van der Waals surface area contributed by atoms with Crippen LogP contribution in [0.25, 0.3) is 11.1 Å². The molecule has 0 saturated carbocycles. The van der Waals surface area contributed by atoms with E-state index in [1.54, 1.807) is 4.90 Å². The zero-order chi connectivity index (χ0) is 16.1. The van der Waals surface area contributed by atoms with Gasteiger partial charge in [-0.15, -0.1) is 0 Å². The largest absolute Gasteiger partial charge is 0.315 e. The number of carbonyl (C=O) groups excluding carboxylic acids is 1. The first-order valence-corrected chi connectivity index (χ1v) is 7.70. The van der Waals surface area contributed by atoms with E-state index in [0.717, 1.165) is 22.4 Å². The summed E-state index contributed by atoms with van der Waals surface area (Å²) >= 11 is 0. The van der Waals surface area contributed by atoms with E-state index in [0.29, 0.717) is 6.42 Å². The van der Waals surface area contributed by atoms with Gasteiger partial charge in [-0.05, 0) is 17.2 Å². The van der Waals surface area contributed by atoms with Gasteiger partial charge in [0.1, 0.15) is 0 Å². The number of carbonyl (C=O) groups is 1. The molecule has 0 heterocycles. The second-order valence-corrected chi connectivity index (χ2v) is 5.50. The zero-order valence-corrected chi connectivity index (χ0v) is 13.1. The van der Waals surface area contributed by atoms with Crippen LogP contribution in [0.5, 0.6) is 0 Å². The standard InChI is InChI=1S/C21H19NO/c1-22(21(23)16-17-10-4-2-5-11-17)20-15-9-8-14-19(20)18-12-6-3-7-13-18/h2-15H,16H2,1H3. The molecule has 0 unspecified atom stereocenters. The van der Waals surface area contributed by atoms with Crippen LogP contribution in [0.3, 0.4) is 0 Å². The Kier molecular flexibility index (Phi) is 4.53. The highest BCUT2D eigenvalue weighted by molar-refractivity contribution is 5.98. The van der Waals surface area contributed by atoms with Gasteiger partial charge in [-0.3, -0.25) is 4.79 Å². The molecule has 0 saturated heterocycles. The number of nitrogens with zero attached hydrogens (tertiary/aromatic N) is 1. The molecular formula is C21H19NO. The number of benzene rings is 3. The molecule has 0 aromatic heterocycles. The van der Waals surface area contributed by atoms with Crippen LogP contribution in [0, 0.1) is 0 Å². The number of likely N-dealkylation sites (N-methyl/N-ethyl adjacent to an activating group) is 1. The lowest BCUT2D eigenvalue weighted by Crippen LogP contribution is -2.28. The van der Waals surface area contributed by atoms with Gasteiger partial charge in [0, 0.05) is 12.6 Å². The highest BCUT2D eigenvalue weighted by atomic mass is 16.2. The molecule has 0 radical (unpaired) electrons. The highest BCUT2D eigenvalue weighted by Gasteiger charge is 2.15. The minimum absolute atomic E-state index is 0.0829. The van der Waals surface area contributed by atoms with E-state index in [1.807, 2.05) is 73.8 Å². The first-order chi connectivity index (χ1) is 11.3. The fourth-order valence-electron chi connectivity index (χ4n) is 2.65. The van der Waals surface area contributed by atoms with Crippen LogP contribution in [0.15, 0.2) is 84.9 Å². The summed E-state index contributed by atoms with van der Waals surface area (Å²) in [5, 5.41) is 0. The van der Waals surface area contributed by atoms with Crippen molar-refractivity contribution in [2.75, 3.05) is 11.9 Å².